The molecule has 4 heteroatoms. The number of ether oxygens (including phenoxy) is 1. The number of anilines is 1. The van der Waals surface area contributed by atoms with Crippen LogP contribution >= 0.6 is 0 Å². The van der Waals surface area contributed by atoms with Crippen molar-refractivity contribution in [3.63, 3.8) is 0 Å². The summed E-state index contributed by atoms with van der Waals surface area (Å²) in [5.41, 5.74) is 6.88. The van der Waals surface area contributed by atoms with Crippen molar-refractivity contribution < 1.29 is 4.74 Å². The number of hydrogen-bond donors (Lipinski definition) is 1. The highest BCUT2D eigenvalue weighted by Crippen LogP contribution is 2.27. The summed E-state index contributed by atoms with van der Waals surface area (Å²) < 4.78 is 5.54. The van der Waals surface area contributed by atoms with Crippen molar-refractivity contribution in [3.05, 3.63) is 23.9 Å². The standard InChI is InChI=1S/C13H21N3O/c1-13(2)10-17-9-8-16(13)12-11(5-6-14)4-3-7-15-12/h3-4,7H,5-6,8-10,14H2,1-2H3. The van der Waals surface area contributed by atoms with E-state index in [1.165, 1.54) is 5.56 Å². The van der Waals surface area contributed by atoms with Gasteiger partial charge in [0, 0.05) is 12.7 Å². The Morgan fingerprint density at radius 3 is 3.06 bits per heavy atom. The van der Waals surface area contributed by atoms with Gasteiger partial charge in [-0.3, -0.25) is 0 Å². The molecule has 2 heterocycles. The average molecular weight is 235 g/mol. The van der Waals surface area contributed by atoms with E-state index in [-0.39, 0.29) is 5.54 Å². The molecule has 0 aliphatic carbocycles. The van der Waals surface area contributed by atoms with Crippen LogP contribution in [0.4, 0.5) is 5.82 Å². The van der Waals surface area contributed by atoms with Crippen LogP contribution in [-0.2, 0) is 11.2 Å². The quantitative estimate of drug-likeness (QED) is 0.855. The van der Waals surface area contributed by atoms with Crippen LogP contribution in [0.2, 0.25) is 0 Å². The molecule has 0 bridgehead atoms. The minimum Gasteiger partial charge on any atom is -0.377 e. The van der Waals surface area contributed by atoms with E-state index in [2.05, 4.69) is 29.8 Å². The highest BCUT2D eigenvalue weighted by atomic mass is 16.5. The Balaban J connectivity index is 2.31. The molecular weight excluding hydrogens is 214 g/mol. The second-order valence-corrected chi connectivity index (χ2v) is 5.04. The molecule has 1 aromatic heterocycles. The fraction of sp³-hybridized carbons (Fsp3) is 0.615. The van der Waals surface area contributed by atoms with Gasteiger partial charge in [-0.2, -0.15) is 0 Å². The van der Waals surface area contributed by atoms with Crippen molar-refractivity contribution in [2.75, 3.05) is 31.2 Å². The van der Waals surface area contributed by atoms with Gasteiger partial charge in [0.25, 0.3) is 0 Å². The Morgan fingerprint density at radius 2 is 2.35 bits per heavy atom. The summed E-state index contributed by atoms with van der Waals surface area (Å²) in [4.78, 5) is 6.87. The van der Waals surface area contributed by atoms with Crippen LogP contribution < -0.4 is 10.6 Å². The zero-order valence-electron chi connectivity index (χ0n) is 10.6. The largest absolute Gasteiger partial charge is 0.377 e. The molecule has 1 fully saturated rings. The van der Waals surface area contributed by atoms with Gasteiger partial charge in [-0.15, -0.1) is 0 Å². The summed E-state index contributed by atoms with van der Waals surface area (Å²) in [5, 5.41) is 0. The second-order valence-electron chi connectivity index (χ2n) is 5.04. The molecule has 1 aliphatic rings. The summed E-state index contributed by atoms with van der Waals surface area (Å²) in [7, 11) is 0. The molecule has 1 aliphatic heterocycles. The molecule has 0 aromatic carbocycles. The van der Waals surface area contributed by atoms with Gasteiger partial charge in [-0.1, -0.05) is 6.07 Å². The fourth-order valence-electron chi connectivity index (χ4n) is 2.27. The molecule has 0 unspecified atom stereocenters. The maximum atomic E-state index is 5.66. The summed E-state index contributed by atoms with van der Waals surface area (Å²) in [6, 6.07) is 4.09. The molecule has 1 aromatic rings. The van der Waals surface area contributed by atoms with Crippen LogP contribution in [0.1, 0.15) is 19.4 Å². The van der Waals surface area contributed by atoms with E-state index in [1.807, 2.05) is 12.3 Å². The van der Waals surface area contributed by atoms with Gasteiger partial charge in [0.1, 0.15) is 5.82 Å². The molecule has 2 rings (SSSR count). The van der Waals surface area contributed by atoms with Crippen LogP contribution in [-0.4, -0.2) is 36.8 Å². The third-order valence-corrected chi connectivity index (χ3v) is 3.18. The van der Waals surface area contributed by atoms with Crippen molar-refractivity contribution in [2.45, 2.75) is 25.8 Å². The van der Waals surface area contributed by atoms with Crippen molar-refractivity contribution in [3.8, 4) is 0 Å². The highest BCUT2D eigenvalue weighted by Gasteiger charge is 2.32. The zero-order valence-corrected chi connectivity index (χ0v) is 10.6. The highest BCUT2D eigenvalue weighted by molar-refractivity contribution is 5.49. The SMILES string of the molecule is CC1(C)COCCN1c1ncccc1CCN. The van der Waals surface area contributed by atoms with Gasteiger partial charge < -0.3 is 15.4 Å². The van der Waals surface area contributed by atoms with Crippen molar-refractivity contribution in [1.29, 1.82) is 0 Å². The summed E-state index contributed by atoms with van der Waals surface area (Å²) >= 11 is 0. The van der Waals surface area contributed by atoms with Crippen molar-refractivity contribution in [1.82, 2.24) is 4.98 Å². The average Bonchev–Trinajstić information content (AvgIpc) is 2.30. The molecule has 0 spiro atoms. The third kappa shape index (κ3) is 2.58. The van der Waals surface area contributed by atoms with E-state index in [0.29, 0.717) is 6.54 Å². The van der Waals surface area contributed by atoms with Crippen molar-refractivity contribution >= 4 is 5.82 Å². The number of rotatable bonds is 3. The predicted molar refractivity (Wildman–Crippen MR) is 69.2 cm³/mol. The van der Waals surface area contributed by atoms with E-state index in [4.69, 9.17) is 10.5 Å². The minimum absolute atomic E-state index is 0.00402. The number of pyridine rings is 1. The summed E-state index contributed by atoms with van der Waals surface area (Å²) in [6.45, 7) is 7.43. The normalized spacial score (nSPS) is 19.4. The number of nitrogens with zero attached hydrogens (tertiary/aromatic N) is 2. The number of aromatic nitrogens is 1. The third-order valence-electron chi connectivity index (χ3n) is 3.18. The van der Waals surface area contributed by atoms with Crippen LogP contribution in [0.25, 0.3) is 0 Å². The van der Waals surface area contributed by atoms with E-state index >= 15 is 0 Å². The van der Waals surface area contributed by atoms with Crippen LogP contribution in [0.15, 0.2) is 18.3 Å². The lowest BCUT2D eigenvalue weighted by molar-refractivity contribution is 0.0638. The van der Waals surface area contributed by atoms with E-state index in [9.17, 15) is 0 Å². The molecular formula is C13H21N3O. The zero-order chi connectivity index (χ0) is 12.3. The molecule has 4 nitrogen and oxygen atoms in total. The van der Waals surface area contributed by atoms with Gasteiger partial charge in [0.15, 0.2) is 0 Å². The first-order chi connectivity index (χ1) is 8.15. The van der Waals surface area contributed by atoms with Gasteiger partial charge in [-0.05, 0) is 38.4 Å². The van der Waals surface area contributed by atoms with E-state index in [1.54, 1.807) is 0 Å². The van der Waals surface area contributed by atoms with E-state index in [0.717, 1.165) is 32.0 Å². The van der Waals surface area contributed by atoms with Crippen LogP contribution in [0, 0.1) is 0 Å². The monoisotopic (exact) mass is 235 g/mol. The first-order valence-electron chi connectivity index (χ1n) is 6.14. The molecule has 94 valence electrons. The molecule has 1 saturated heterocycles. The second kappa shape index (κ2) is 5.02. The van der Waals surface area contributed by atoms with Gasteiger partial charge in [0.05, 0.1) is 18.8 Å². The Morgan fingerprint density at radius 1 is 1.53 bits per heavy atom. The summed E-state index contributed by atoms with van der Waals surface area (Å²) in [6.07, 6.45) is 2.72. The molecule has 0 saturated carbocycles. The Bertz CT molecular complexity index is 379. The molecule has 0 amide bonds. The molecule has 2 N–H and O–H groups in total. The molecule has 17 heavy (non-hydrogen) atoms. The maximum Gasteiger partial charge on any atom is 0.132 e. The van der Waals surface area contributed by atoms with Gasteiger partial charge in [0.2, 0.25) is 0 Å². The molecule has 0 atom stereocenters. The lowest BCUT2D eigenvalue weighted by Gasteiger charge is -2.43. The predicted octanol–water partition coefficient (Wildman–Crippen LogP) is 1.20. The van der Waals surface area contributed by atoms with Gasteiger partial charge in [-0.25, -0.2) is 4.98 Å². The fourth-order valence-corrected chi connectivity index (χ4v) is 2.27. The number of hydrogen-bond acceptors (Lipinski definition) is 4. The van der Waals surface area contributed by atoms with E-state index < -0.39 is 0 Å². The number of morpholine rings is 1. The lowest BCUT2D eigenvalue weighted by Crippen LogP contribution is -2.53. The first-order valence-corrected chi connectivity index (χ1v) is 6.14. The first kappa shape index (κ1) is 12.3. The van der Waals surface area contributed by atoms with Crippen LogP contribution in [0.3, 0.4) is 0 Å². The summed E-state index contributed by atoms with van der Waals surface area (Å²) in [5.74, 6) is 1.06. The minimum atomic E-state index is -0.00402. The molecule has 0 radical (unpaired) electrons. The van der Waals surface area contributed by atoms with Gasteiger partial charge >= 0.3 is 0 Å². The Hall–Kier alpha value is -1.13. The lowest BCUT2D eigenvalue weighted by atomic mass is 10.0. The Kier molecular flexibility index (Phi) is 3.64. The van der Waals surface area contributed by atoms with Crippen LogP contribution in [0.5, 0.6) is 0 Å². The Labute approximate surface area is 103 Å². The topological polar surface area (TPSA) is 51.4 Å². The number of nitrogens with two attached hydrogens (primary N) is 1. The maximum absolute atomic E-state index is 5.66. The smallest absolute Gasteiger partial charge is 0.132 e. The van der Waals surface area contributed by atoms with Crippen molar-refractivity contribution in [2.24, 2.45) is 5.73 Å².